The van der Waals surface area contributed by atoms with Crippen LogP contribution in [0.1, 0.15) is 23.2 Å². The second kappa shape index (κ2) is 10.6. The molecule has 176 valence electrons. The van der Waals surface area contributed by atoms with Crippen LogP contribution < -0.4 is 4.90 Å². The molecule has 0 spiro atoms. The fraction of sp³-hybridized carbons (Fsp3) is 0.250. The van der Waals surface area contributed by atoms with Gasteiger partial charge in [0, 0.05) is 46.8 Å². The largest absolute Gasteiger partial charge is 0.454 e. The minimum atomic E-state index is -1.11. The number of anilines is 1. The van der Waals surface area contributed by atoms with Gasteiger partial charge in [-0.2, -0.15) is 0 Å². The minimum Gasteiger partial charge on any atom is -0.454 e. The quantitative estimate of drug-likeness (QED) is 0.226. The molecule has 2 heterocycles. The van der Waals surface area contributed by atoms with Crippen LogP contribution in [0.2, 0.25) is 5.02 Å². The Morgan fingerprint density at radius 1 is 1.18 bits per heavy atom. The van der Waals surface area contributed by atoms with E-state index in [0.29, 0.717) is 15.8 Å². The molecule has 2 atom stereocenters. The highest BCUT2D eigenvalue weighted by Crippen LogP contribution is 2.32. The van der Waals surface area contributed by atoms with Gasteiger partial charge in [-0.15, -0.1) is 22.9 Å². The number of esters is 1. The molecule has 3 aromatic rings. The highest BCUT2D eigenvalue weighted by atomic mass is 35.5. The molecule has 10 heteroatoms. The predicted molar refractivity (Wildman–Crippen MR) is 129 cm³/mol. The van der Waals surface area contributed by atoms with Gasteiger partial charge in [-0.1, -0.05) is 23.7 Å². The fourth-order valence-electron chi connectivity index (χ4n) is 3.57. The zero-order valence-electron chi connectivity index (χ0n) is 17.7. The summed E-state index contributed by atoms with van der Waals surface area (Å²) in [6.45, 7) is 0.101. The molecule has 4 rings (SSSR count). The van der Waals surface area contributed by atoms with Gasteiger partial charge in [0.15, 0.2) is 11.2 Å². The molecule has 1 aliphatic rings. The summed E-state index contributed by atoms with van der Waals surface area (Å²) in [5.41, 5.74) is 1.77. The number of amides is 1. The number of benzene rings is 2. The normalized spacial score (nSPS) is 16.5. The van der Waals surface area contributed by atoms with Crippen LogP contribution in [-0.4, -0.2) is 41.2 Å². The van der Waals surface area contributed by atoms with E-state index in [9.17, 15) is 18.8 Å². The van der Waals surface area contributed by atoms with Gasteiger partial charge in [0.1, 0.15) is 5.82 Å². The van der Waals surface area contributed by atoms with Crippen molar-refractivity contribution in [1.82, 2.24) is 4.98 Å². The van der Waals surface area contributed by atoms with Gasteiger partial charge in [-0.05, 0) is 36.4 Å². The van der Waals surface area contributed by atoms with E-state index >= 15 is 0 Å². The molecule has 0 radical (unpaired) electrons. The molecule has 2 unspecified atom stereocenters. The number of hydrogen-bond acceptors (Lipinski definition) is 6. The Balaban J connectivity index is 1.43. The second-order valence-corrected chi connectivity index (χ2v) is 9.35. The highest BCUT2D eigenvalue weighted by molar-refractivity contribution is 7.14. The maximum Gasteiger partial charge on any atom is 0.312 e. The monoisotopic (exact) mass is 520 g/mol. The van der Waals surface area contributed by atoms with Crippen molar-refractivity contribution in [2.75, 3.05) is 17.3 Å². The van der Waals surface area contributed by atoms with Gasteiger partial charge < -0.3 is 4.74 Å². The standard InChI is InChI=1S/C24H19Cl2FN2O4S/c25-10-9-20(22(31)15-3-7-18(27)8-4-15)33-23(32)16-11-21(30)29(12-16)24-28-19(13-34-24)14-1-5-17(26)6-2-14/h1-8,13,16,20H,9-12H2. The van der Waals surface area contributed by atoms with Crippen molar-refractivity contribution in [1.29, 1.82) is 0 Å². The van der Waals surface area contributed by atoms with Crippen molar-refractivity contribution in [2.24, 2.45) is 5.92 Å². The van der Waals surface area contributed by atoms with Gasteiger partial charge in [-0.3, -0.25) is 19.3 Å². The average molecular weight is 521 g/mol. The molecule has 0 aliphatic carbocycles. The highest BCUT2D eigenvalue weighted by Gasteiger charge is 2.39. The third kappa shape index (κ3) is 5.46. The van der Waals surface area contributed by atoms with E-state index in [2.05, 4.69) is 4.98 Å². The molecule has 1 aliphatic heterocycles. The number of thiazole rings is 1. The van der Waals surface area contributed by atoms with Crippen molar-refractivity contribution in [2.45, 2.75) is 18.9 Å². The lowest BCUT2D eigenvalue weighted by Gasteiger charge is -2.18. The second-order valence-electron chi connectivity index (χ2n) is 7.70. The van der Waals surface area contributed by atoms with E-state index in [0.717, 1.165) is 17.7 Å². The molecule has 1 fully saturated rings. The Morgan fingerprint density at radius 3 is 2.56 bits per heavy atom. The maximum atomic E-state index is 13.2. The third-order valence-corrected chi connectivity index (χ3v) is 6.71. The number of ether oxygens (including phenoxy) is 1. The van der Waals surface area contributed by atoms with E-state index in [1.54, 1.807) is 12.1 Å². The Morgan fingerprint density at radius 2 is 1.88 bits per heavy atom. The summed E-state index contributed by atoms with van der Waals surface area (Å²) in [5.74, 6) is -2.51. The number of nitrogens with zero attached hydrogens (tertiary/aromatic N) is 2. The Bertz CT molecular complexity index is 1200. The lowest BCUT2D eigenvalue weighted by atomic mass is 10.0. The zero-order valence-corrected chi connectivity index (χ0v) is 20.1. The van der Waals surface area contributed by atoms with E-state index in [1.165, 1.54) is 28.4 Å². The number of hydrogen-bond donors (Lipinski definition) is 0. The summed E-state index contributed by atoms with van der Waals surface area (Å²) in [5, 5.41) is 2.92. The number of carbonyl (C=O) groups excluding carboxylic acids is 3. The number of ketones is 1. The van der Waals surface area contributed by atoms with Crippen molar-refractivity contribution in [3.05, 3.63) is 70.3 Å². The van der Waals surface area contributed by atoms with Crippen LogP contribution in [0.4, 0.5) is 9.52 Å². The Labute approximate surface area is 209 Å². The lowest BCUT2D eigenvalue weighted by Crippen LogP contribution is -2.32. The third-order valence-electron chi connectivity index (χ3n) is 5.37. The van der Waals surface area contributed by atoms with E-state index in [4.69, 9.17) is 27.9 Å². The van der Waals surface area contributed by atoms with Crippen LogP contribution in [0.25, 0.3) is 11.3 Å². The molecular formula is C24H19Cl2FN2O4S. The summed E-state index contributed by atoms with van der Waals surface area (Å²) >= 11 is 13.0. The lowest BCUT2D eigenvalue weighted by molar-refractivity contribution is -0.151. The Kier molecular flexibility index (Phi) is 7.60. The maximum absolute atomic E-state index is 13.2. The van der Waals surface area contributed by atoms with E-state index in [-0.39, 0.29) is 36.7 Å². The number of rotatable bonds is 8. The molecule has 0 saturated carbocycles. The van der Waals surface area contributed by atoms with Gasteiger partial charge in [0.2, 0.25) is 11.7 Å². The topological polar surface area (TPSA) is 76.6 Å². The number of alkyl halides is 1. The summed E-state index contributed by atoms with van der Waals surface area (Å²) in [4.78, 5) is 44.2. The molecule has 1 aromatic heterocycles. The summed E-state index contributed by atoms with van der Waals surface area (Å²) in [6.07, 6.45) is -1.06. The predicted octanol–water partition coefficient (Wildman–Crippen LogP) is 5.38. The van der Waals surface area contributed by atoms with Crippen LogP contribution in [0.5, 0.6) is 0 Å². The zero-order chi connectivity index (χ0) is 24.2. The van der Waals surface area contributed by atoms with Crippen molar-refractivity contribution >= 4 is 57.3 Å². The van der Waals surface area contributed by atoms with E-state index in [1.807, 2.05) is 17.5 Å². The first-order chi connectivity index (χ1) is 16.4. The smallest absolute Gasteiger partial charge is 0.312 e. The van der Waals surface area contributed by atoms with Crippen LogP contribution in [-0.2, 0) is 14.3 Å². The molecule has 34 heavy (non-hydrogen) atoms. The minimum absolute atomic E-state index is 0.0486. The van der Waals surface area contributed by atoms with Gasteiger partial charge >= 0.3 is 5.97 Å². The van der Waals surface area contributed by atoms with Crippen LogP contribution in [0.3, 0.4) is 0 Å². The van der Waals surface area contributed by atoms with E-state index < -0.39 is 29.6 Å². The fourth-order valence-corrected chi connectivity index (χ4v) is 4.76. The van der Waals surface area contributed by atoms with Crippen LogP contribution in [0.15, 0.2) is 53.9 Å². The van der Waals surface area contributed by atoms with Crippen LogP contribution in [0, 0.1) is 11.7 Å². The van der Waals surface area contributed by atoms with Crippen molar-refractivity contribution in [3.8, 4) is 11.3 Å². The molecule has 0 bridgehead atoms. The van der Waals surface area contributed by atoms with Crippen molar-refractivity contribution < 1.29 is 23.5 Å². The van der Waals surface area contributed by atoms with Crippen molar-refractivity contribution in [3.63, 3.8) is 0 Å². The van der Waals surface area contributed by atoms with Gasteiger partial charge in [-0.25, -0.2) is 9.37 Å². The molecule has 0 N–H and O–H groups in total. The first-order valence-electron chi connectivity index (χ1n) is 10.4. The summed E-state index contributed by atoms with van der Waals surface area (Å²) < 4.78 is 18.6. The molecule has 2 aromatic carbocycles. The molecule has 1 saturated heterocycles. The summed E-state index contributed by atoms with van der Waals surface area (Å²) in [7, 11) is 0. The SMILES string of the molecule is O=C(OC(CCCl)C(=O)c1ccc(F)cc1)C1CC(=O)N(c2nc(-c3ccc(Cl)cc3)cs2)C1. The summed E-state index contributed by atoms with van der Waals surface area (Å²) in [6, 6.07) is 12.2. The number of Topliss-reactive ketones (excluding diaryl/α,β-unsaturated/α-hetero) is 1. The number of halogens is 3. The first kappa shape index (κ1) is 24.3. The van der Waals surface area contributed by atoms with Gasteiger partial charge in [0.25, 0.3) is 0 Å². The molecular weight excluding hydrogens is 502 g/mol. The molecule has 1 amide bonds. The number of carbonyl (C=O) groups is 3. The first-order valence-corrected chi connectivity index (χ1v) is 12.2. The average Bonchev–Trinajstić information content (AvgIpc) is 3.46. The van der Waals surface area contributed by atoms with Crippen LogP contribution >= 0.6 is 34.5 Å². The molecule has 6 nitrogen and oxygen atoms in total. The Hall–Kier alpha value is -2.81. The van der Waals surface area contributed by atoms with Gasteiger partial charge in [0.05, 0.1) is 11.6 Å². The number of aromatic nitrogens is 1.